The van der Waals surface area contributed by atoms with Crippen molar-refractivity contribution in [3.63, 3.8) is 0 Å². The van der Waals surface area contributed by atoms with Crippen LogP contribution in [0.25, 0.3) is 0 Å². The van der Waals surface area contributed by atoms with Gasteiger partial charge in [0, 0.05) is 22.2 Å². The Balaban J connectivity index is 3.80. The molecule has 0 N–H and O–H groups in total. The first-order chi connectivity index (χ1) is 9.27. The molecule has 0 aromatic carbocycles. The highest BCUT2D eigenvalue weighted by molar-refractivity contribution is 9.08. The third-order valence-corrected chi connectivity index (χ3v) is 3.75. The normalized spacial score (nSPS) is 13.3. The highest BCUT2D eigenvalue weighted by atomic mass is 79.9. The number of aromatic nitrogens is 1. The van der Waals surface area contributed by atoms with Crippen LogP contribution in [-0.4, -0.2) is 19.8 Å². The van der Waals surface area contributed by atoms with Gasteiger partial charge in [-0.05, 0) is 5.56 Å². The molecule has 21 heavy (non-hydrogen) atoms. The maximum absolute atomic E-state index is 12.9. The summed E-state index contributed by atoms with van der Waals surface area (Å²) in [5.74, 6) is -2.01. The van der Waals surface area contributed by atoms with E-state index in [1.165, 1.54) is 0 Å². The topological polar surface area (TPSA) is 56.3 Å². The molecule has 0 aliphatic rings. The van der Waals surface area contributed by atoms with Gasteiger partial charge in [0.2, 0.25) is 5.03 Å². The molecule has 0 saturated carbocycles. The van der Waals surface area contributed by atoms with Crippen LogP contribution in [0.15, 0.2) is 11.2 Å². The number of halogens is 8. The van der Waals surface area contributed by atoms with Gasteiger partial charge in [-0.3, -0.25) is 0 Å². The van der Waals surface area contributed by atoms with Crippen LogP contribution in [0.4, 0.5) is 26.3 Å². The Morgan fingerprint density at radius 2 is 1.76 bits per heavy atom. The van der Waals surface area contributed by atoms with E-state index in [9.17, 15) is 34.8 Å². The van der Waals surface area contributed by atoms with E-state index >= 15 is 0 Å². The van der Waals surface area contributed by atoms with Crippen molar-refractivity contribution in [2.45, 2.75) is 22.9 Å². The van der Waals surface area contributed by atoms with Gasteiger partial charge in [-0.2, -0.15) is 13.2 Å². The summed E-state index contributed by atoms with van der Waals surface area (Å²) in [6.45, 7) is 0. The molecular weight excluding hydrogens is 420 g/mol. The molecule has 0 amide bonds. The van der Waals surface area contributed by atoms with Crippen molar-refractivity contribution >= 4 is 35.7 Å². The number of alkyl halides is 7. The van der Waals surface area contributed by atoms with Gasteiger partial charge < -0.3 is 4.74 Å². The average molecular weight is 423 g/mol. The van der Waals surface area contributed by atoms with Gasteiger partial charge >= 0.3 is 12.5 Å². The van der Waals surface area contributed by atoms with E-state index in [0.717, 1.165) is 0 Å². The third kappa shape index (κ3) is 4.61. The minimum Gasteiger partial charge on any atom is -0.402 e. The van der Waals surface area contributed by atoms with Crippen molar-refractivity contribution in [2.24, 2.45) is 0 Å². The van der Waals surface area contributed by atoms with Crippen LogP contribution in [0.1, 0.15) is 11.1 Å². The molecule has 1 aromatic heterocycles. The van der Waals surface area contributed by atoms with Crippen LogP contribution in [0.3, 0.4) is 0 Å². The Labute approximate surface area is 126 Å². The van der Waals surface area contributed by atoms with Gasteiger partial charge in [0.05, 0.1) is 0 Å². The van der Waals surface area contributed by atoms with E-state index in [2.05, 4.69) is 25.7 Å². The summed E-state index contributed by atoms with van der Waals surface area (Å²) in [6.07, 6.45) is -10.4. The monoisotopic (exact) mass is 421 g/mol. The maximum Gasteiger partial charge on any atom is 0.573 e. The molecule has 13 heteroatoms. The van der Waals surface area contributed by atoms with Gasteiger partial charge in [-0.25, -0.2) is 13.4 Å². The van der Waals surface area contributed by atoms with Crippen molar-refractivity contribution < 1.29 is 39.5 Å². The highest BCUT2D eigenvalue weighted by Gasteiger charge is 2.44. The van der Waals surface area contributed by atoms with E-state index in [4.69, 9.17) is 10.7 Å². The number of rotatable bonds is 3. The second-order valence-corrected chi connectivity index (χ2v) is 6.45. The van der Waals surface area contributed by atoms with Crippen molar-refractivity contribution in [2.75, 3.05) is 0 Å². The Morgan fingerprint density at radius 3 is 2.10 bits per heavy atom. The van der Waals surface area contributed by atoms with Crippen LogP contribution in [0.2, 0.25) is 0 Å². The molecule has 1 aromatic rings. The lowest BCUT2D eigenvalue weighted by Crippen LogP contribution is -2.23. The van der Waals surface area contributed by atoms with Crippen LogP contribution < -0.4 is 4.74 Å². The van der Waals surface area contributed by atoms with Crippen molar-refractivity contribution in [1.29, 1.82) is 0 Å². The first kappa shape index (κ1) is 18.3. The summed E-state index contributed by atoms with van der Waals surface area (Å²) in [6, 6.07) is 0. The minimum atomic E-state index is -5.57. The summed E-state index contributed by atoms with van der Waals surface area (Å²) in [7, 11) is -0.199. The Kier molecular flexibility index (Phi) is 5.05. The van der Waals surface area contributed by atoms with Gasteiger partial charge in [-0.15, -0.1) is 13.2 Å². The van der Waals surface area contributed by atoms with Crippen LogP contribution in [0.5, 0.6) is 5.75 Å². The predicted octanol–water partition coefficient (Wildman–Crippen LogP) is 3.82. The van der Waals surface area contributed by atoms with Gasteiger partial charge in [-0.1, -0.05) is 15.9 Å². The average Bonchev–Trinajstić information content (AvgIpc) is 2.22. The van der Waals surface area contributed by atoms with E-state index in [-0.39, 0.29) is 0 Å². The van der Waals surface area contributed by atoms with Crippen LogP contribution >= 0.6 is 26.6 Å². The Morgan fingerprint density at radius 1 is 1.24 bits per heavy atom. The first-order valence-corrected chi connectivity index (χ1v) is 8.06. The summed E-state index contributed by atoms with van der Waals surface area (Å²) in [4.78, 5) is 3.00. The van der Waals surface area contributed by atoms with Crippen LogP contribution in [0, 0.1) is 0 Å². The summed E-state index contributed by atoms with van der Waals surface area (Å²) < 4.78 is 101. The second-order valence-electron chi connectivity index (χ2n) is 3.41. The molecule has 0 aliphatic heterocycles. The molecule has 0 radical (unpaired) electrons. The molecule has 0 unspecified atom stereocenters. The SMILES string of the molecule is O=S(=O)(Cl)c1ncc(CBr)c(C(F)(F)F)c1OC(F)(F)F. The number of ether oxygens (including phenoxy) is 1. The molecular formula is C8H3BrClF6NO3S. The number of pyridine rings is 1. The maximum atomic E-state index is 12.9. The molecule has 4 nitrogen and oxygen atoms in total. The highest BCUT2D eigenvalue weighted by Crippen LogP contribution is 2.44. The second kappa shape index (κ2) is 5.80. The quantitative estimate of drug-likeness (QED) is 0.422. The van der Waals surface area contributed by atoms with E-state index in [1.54, 1.807) is 0 Å². The van der Waals surface area contributed by atoms with Gasteiger partial charge in [0.25, 0.3) is 9.05 Å². The van der Waals surface area contributed by atoms with Crippen molar-refractivity contribution in [1.82, 2.24) is 4.98 Å². The molecule has 0 saturated heterocycles. The molecule has 0 atom stereocenters. The largest absolute Gasteiger partial charge is 0.573 e. The fraction of sp³-hybridized carbons (Fsp3) is 0.375. The zero-order valence-corrected chi connectivity index (χ0v) is 12.5. The van der Waals surface area contributed by atoms with Gasteiger partial charge in [0.1, 0.15) is 5.56 Å². The lowest BCUT2D eigenvalue weighted by atomic mass is 10.1. The molecule has 0 spiro atoms. The fourth-order valence-corrected chi connectivity index (χ4v) is 2.61. The van der Waals surface area contributed by atoms with Crippen LogP contribution in [-0.2, 0) is 20.6 Å². The third-order valence-electron chi connectivity index (χ3n) is 1.96. The summed E-state index contributed by atoms with van der Waals surface area (Å²) >= 11 is 2.63. The first-order valence-electron chi connectivity index (χ1n) is 4.63. The van der Waals surface area contributed by atoms with Crippen molar-refractivity contribution in [3.8, 4) is 5.75 Å². The Hall–Kier alpha value is -0.750. The summed E-state index contributed by atoms with van der Waals surface area (Å²) in [5.41, 5.74) is -2.67. The number of nitrogens with zero attached hydrogens (tertiary/aromatic N) is 1. The number of hydrogen-bond donors (Lipinski definition) is 0. The van der Waals surface area contributed by atoms with Crippen molar-refractivity contribution in [3.05, 3.63) is 17.3 Å². The molecule has 0 fully saturated rings. The van der Waals surface area contributed by atoms with Gasteiger partial charge in [0.15, 0.2) is 5.75 Å². The fourth-order valence-electron chi connectivity index (χ4n) is 1.31. The Bertz CT molecular complexity index is 645. The zero-order chi connectivity index (χ0) is 16.6. The molecule has 0 aliphatic carbocycles. The summed E-state index contributed by atoms with van der Waals surface area (Å²) in [5, 5.41) is -2.20. The lowest BCUT2D eigenvalue weighted by molar-refractivity contribution is -0.277. The molecule has 1 heterocycles. The predicted molar refractivity (Wildman–Crippen MR) is 61.6 cm³/mol. The van der Waals surface area contributed by atoms with E-state index in [0.29, 0.717) is 6.20 Å². The van der Waals surface area contributed by atoms with E-state index in [1.807, 2.05) is 0 Å². The molecule has 1 rings (SSSR count). The molecule has 0 bridgehead atoms. The minimum absolute atomic E-state index is 0.441. The number of hydrogen-bond acceptors (Lipinski definition) is 4. The molecule has 120 valence electrons. The smallest absolute Gasteiger partial charge is 0.402 e. The standard InChI is InChI=1S/C8H3BrClF6NO3S/c9-1-3-2-17-6(21(10,18)19)5(20-8(14,15)16)4(3)7(11,12)13/h2H,1H2. The van der Waals surface area contributed by atoms with E-state index < -0.39 is 48.8 Å². The lowest BCUT2D eigenvalue weighted by Gasteiger charge is -2.19. The zero-order valence-electron chi connectivity index (χ0n) is 9.39.